The topological polar surface area (TPSA) is 74.4 Å². The van der Waals surface area contributed by atoms with Gasteiger partial charge < -0.3 is 9.64 Å². The lowest BCUT2D eigenvalue weighted by Gasteiger charge is -2.11. The van der Waals surface area contributed by atoms with Gasteiger partial charge in [0.2, 0.25) is 5.88 Å². The van der Waals surface area contributed by atoms with Gasteiger partial charge in [-0.2, -0.15) is 10.2 Å². The molecule has 6 nitrogen and oxygen atoms in total. The van der Waals surface area contributed by atoms with Crippen molar-refractivity contribution in [2.75, 3.05) is 19.3 Å². The molecule has 0 unspecified atom stereocenters. The van der Waals surface area contributed by atoms with Crippen molar-refractivity contribution >= 4 is 23.8 Å². The Bertz CT molecular complexity index is 845. The number of aromatic nitrogens is 2. The van der Waals surface area contributed by atoms with Crippen molar-refractivity contribution in [3.05, 3.63) is 35.5 Å². The second-order valence-electron chi connectivity index (χ2n) is 6.55. The quantitative estimate of drug-likeness (QED) is 0.282. The maximum atomic E-state index is 9.51. The first kappa shape index (κ1) is 20.7. The average molecular weight is 384 g/mol. The molecule has 1 aromatic carbocycles. The van der Waals surface area contributed by atoms with E-state index in [9.17, 15) is 5.26 Å². The Morgan fingerprint density at radius 1 is 1.41 bits per heavy atom. The van der Waals surface area contributed by atoms with E-state index < -0.39 is 0 Å². The summed E-state index contributed by atoms with van der Waals surface area (Å²) in [7, 11) is 1.95. The number of hydrogen-bond donors (Lipinski definition) is 0. The van der Waals surface area contributed by atoms with Crippen LogP contribution in [0.4, 0.5) is 5.69 Å². The van der Waals surface area contributed by atoms with E-state index in [1.165, 1.54) is 0 Å². The molecule has 0 saturated heterocycles. The first-order chi connectivity index (χ1) is 12.9. The third-order valence-corrected chi connectivity index (χ3v) is 4.97. The van der Waals surface area contributed by atoms with E-state index in [1.807, 2.05) is 31.9 Å². The van der Waals surface area contributed by atoms with Crippen LogP contribution in [-0.4, -0.2) is 40.6 Å². The molecule has 0 radical (unpaired) electrons. The van der Waals surface area contributed by atoms with Crippen molar-refractivity contribution in [3.63, 3.8) is 0 Å². The fourth-order valence-corrected chi connectivity index (χ4v) is 2.80. The van der Waals surface area contributed by atoms with Gasteiger partial charge in [0, 0.05) is 31.6 Å². The van der Waals surface area contributed by atoms with Gasteiger partial charge in [0.1, 0.15) is 11.8 Å². The number of ether oxygens (including phenoxy) is 1. The van der Waals surface area contributed by atoms with Crippen molar-refractivity contribution in [3.8, 4) is 17.7 Å². The Morgan fingerprint density at radius 2 is 2.19 bits per heavy atom. The summed E-state index contributed by atoms with van der Waals surface area (Å²) in [4.78, 5) is 15.1. The highest BCUT2D eigenvalue weighted by Crippen LogP contribution is 2.31. The molecule has 0 bridgehead atoms. The van der Waals surface area contributed by atoms with Crippen LogP contribution in [0.3, 0.4) is 0 Å². The van der Waals surface area contributed by atoms with Crippen molar-refractivity contribution in [2.24, 2.45) is 10.9 Å². The minimum atomic E-state index is 0.418. The van der Waals surface area contributed by atoms with Crippen LogP contribution in [-0.2, 0) is 0 Å². The highest BCUT2D eigenvalue weighted by atomic mass is 32.2. The Kier molecular flexibility index (Phi) is 7.62. The minimum Gasteiger partial charge on any atom is -0.437 e. The Morgan fingerprint density at radius 3 is 2.85 bits per heavy atom. The number of rotatable bonds is 8. The maximum absolute atomic E-state index is 9.51. The third-order valence-electron chi connectivity index (χ3n) is 3.68. The summed E-state index contributed by atoms with van der Waals surface area (Å²) >= 11 is 1.59. The summed E-state index contributed by atoms with van der Waals surface area (Å²) in [6, 6.07) is 7.43. The molecule has 0 aliphatic heterocycles. The van der Waals surface area contributed by atoms with E-state index in [4.69, 9.17) is 4.74 Å². The molecular formula is C20H25N5OS. The summed E-state index contributed by atoms with van der Waals surface area (Å²) in [5.74, 6) is 2.38. The average Bonchev–Trinajstić information content (AvgIpc) is 2.65. The summed E-state index contributed by atoms with van der Waals surface area (Å²) in [6.07, 6.45) is 3.43. The second-order valence-corrected chi connectivity index (χ2v) is 7.54. The van der Waals surface area contributed by atoms with Crippen molar-refractivity contribution in [1.82, 2.24) is 14.9 Å². The smallest absolute Gasteiger partial charge is 0.223 e. The van der Waals surface area contributed by atoms with Gasteiger partial charge >= 0.3 is 0 Å². The summed E-state index contributed by atoms with van der Waals surface area (Å²) in [5, 5.41) is 10.2. The number of aliphatic imine (C=N–C) groups is 1. The molecule has 0 amide bonds. The molecule has 0 aliphatic carbocycles. The van der Waals surface area contributed by atoms with Gasteiger partial charge in [-0.3, -0.25) is 0 Å². The largest absolute Gasteiger partial charge is 0.437 e. The highest BCUT2D eigenvalue weighted by molar-refractivity contribution is 7.99. The van der Waals surface area contributed by atoms with Gasteiger partial charge in [0.15, 0.2) is 5.16 Å². The van der Waals surface area contributed by atoms with Crippen LogP contribution in [0.2, 0.25) is 0 Å². The zero-order valence-electron chi connectivity index (χ0n) is 16.4. The number of thioether (sulfide) groups is 1. The highest BCUT2D eigenvalue weighted by Gasteiger charge is 2.11. The molecule has 27 heavy (non-hydrogen) atoms. The monoisotopic (exact) mass is 383 g/mol. The predicted octanol–water partition coefficient (Wildman–Crippen LogP) is 4.81. The molecule has 1 aromatic heterocycles. The molecular weight excluding hydrogens is 358 g/mol. The van der Waals surface area contributed by atoms with Gasteiger partial charge in [0.25, 0.3) is 0 Å². The number of benzene rings is 1. The van der Waals surface area contributed by atoms with E-state index in [0.29, 0.717) is 28.3 Å². The van der Waals surface area contributed by atoms with Crippen LogP contribution >= 0.6 is 11.8 Å². The molecule has 2 rings (SSSR count). The van der Waals surface area contributed by atoms with Gasteiger partial charge in [-0.1, -0.05) is 25.6 Å². The maximum Gasteiger partial charge on any atom is 0.223 e. The molecule has 2 aromatic rings. The van der Waals surface area contributed by atoms with Gasteiger partial charge in [-0.15, -0.1) is 0 Å². The Hall–Kier alpha value is -2.59. The van der Waals surface area contributed by atoms with Gasteiger partial charge in [-0.05, 0) is 37.5 Å². The Balaban J connectivity index is 2.24. The van der Waals surface area contributed by atoms with Crippen LogP contribution in [0.25, 0.3) is 0 Å². The van der Waals surface area contributed by atoms with Crippen molar-refractivity contribution in [1.29, 1.82) is 5.26 Å². The first-order valence-corrected chi connectivity index (χ1v) is 9.84. The van der Waals surface area contributed by atoms with Crippen LogP contribution < -0.4 is 4.74 Å². The van der Waals surface area contributed by atoms with E-state index in [2.05, 4.69) is 34.9 Å². The predicted molar refractivity (Wildman–Crippen MR) is 110 cm³/mol. The summed E-state index contributed by atoms with van der Waals surface area (Å²) in [6.45, 7) is 9.15. The Labute approximate surface area is 165 Å². The number of aryl methyl sites for hydroxylation is 1. The molecule has 1 heterocycles. The molecule has 7 heteroatoms. The van der Waals surface area contributed by atoms with E-state index in [-0.39, 0.29) is 0 Å². The summed E-state index contributed by atoms with van der Waals surface area (Å²) in [5.41, 5.74) is 2.09. The van der Waals surface area contributed by atoms with Crippen molar-refractivity contribution in [2.45, 2.75) is 32.9 Å². The molecule has 142 valence electrons. The lowest BCUT2D eigenvalue weighted by molar-refractivity contribution is 0.454. The van der Waals surface area contributed by atoms with Gasteiger partial charge in [-0.25, -0.2) is 9.98 Å². The number of hydrogen-bond acceptors (Lipinski definition) is 6. The van der Waals surface area contributed by atoms with Crippen LogP contribution in [0.5, 0.6) is 11.6 Å². The molecule has 0 atom stereocenters. The van der Waals surface area contributed by atoms with Crippen LogP contribution in [0.15, 0.2) is 34.5 Å². The second kappa shape index (κ2) is 9.93. The van der Waals surface area contributed by atoms with E-state index >= 15 is 0 Å². The molecule has 0 spiro atoms. The summed E-state index contributed by atoms with van der Waals surface area (Å²) < 4.78 is 5.88. The first-order valence-electron chi connectivity index (χ1n) is 8.85. The fraction of sp³-hybridized carbons (Fsp3) is 0.400. The van der Waals surface area contributed by atoms with Gasteiger partial charge in [0.05, 0.1) is 17.6 Å². The molecule has 0 fully saturated rings. The third kappa shape index (κ3) is 6.26. The lowest BCUT2D eigenvalue weighted by Crippen LogP contribution is -2.14. The van der Waals surface area contributed by atoms with E-state index in [0.717, 1.165) is 23.5 Å². The van der Waals surface area contributed by atoms with Crippen molar-refractivity contribution < 1.29 is 4.74 Å². The van der Waals surface area contributed by atoms with E-state index in [1.54, 1.807) is 36.4 Å². The van der Waals surface area contributed by atoms with Crippen LogP contribution in [0, 0.1) is 24.2 Å². The zero-order valence-corrected chi connectivity index (χ0v) is 17.2. The zero-order chi connectivity index (χ0) is 19.8. The number of nitrogens with zero attached hydrogens (tertiary/aromatic N) is 5. The molecule has 0 N–H and O–H groups in total. The number of nitriles is 1. The SMILES string of the molecule is CCN(C)/C=N/c1cc(C#N)c(Oc2ccnc(SCC(C)C)n2)cc1C. The molecule has 0 aliphatic rings. The van der Waals surface area contributed by atoms with Crippen LogP contribution in [0.1, 0.15) is 31.9 Å². The lowest BCUT2D eigenvalue weighted by atomic mass is 10.1. The normalized spacial score (nSPS) is 11.0. The molecule has 0 saturated carbocycles. The minimum absolute atomic E-state index is 0.418. The standard InChI is InChI=1S/C20H25N5OS/c1-6-25(5)13-23-17-10-16(11-21)18(9-15(17)4)26-19-7-8-22-20(24-19)27-12-14(2)3/h7-10,13-14H,6,12H2,1-5H3/b23-13+. The fourth-order valence-electron chi connectivity index (χ4n) is 2.03.